The van der Waals surface area contributed by atoms with Crippen LogP contribution < -0.4 is 5.32 Å². The first-order valence-corrected chi connectivity index (χ1v) is 8.22. The molecule has 3 aromatic rings. The van der Waals surface area contributed by atoms with Gasteiger partial charge in [0.2, 0.25) is 5.91 Å². The highest BCUT2D eigenvalue weighted by atomic mass is 19.4. The van der Waals surface area contributed by atoms with Crippen molar-refractivity contribution in [3.63, 3.8) is 0 Å². The molecule has 0 aliphatic heterocycles. The van der Waals surface area contributed by atoms with E-state index in [9.17, 15) is 18.0 Å². The van der Waals surface area contributed by atoms with E-state index < -0.39 is 17.8 Å². The molecule has 1 unspecified atom stereocenters. The molecule has 0 aliphatic rings. The minimum absolute atomic E-state index is 0.0507. The van der Waals surface area contributed by atoms with Gasteiger partial charge in [0.05, 0.1) is 12.0 Å². The Hall–Kier alpha value is -3.16. The number of amides is 1. The van der Waals surface area contributed by atoms with E-state index in [1.807, 2.05) is 30.3 Å². The summed E-state index contributed by atoms with van der Waals surface area (Å²) in [4.78, 5) is 16.7. The lowest BCUT2D eigenvalue weighted by Crippen LogP contribution is -2.31. The molecule has 8 heteroatoms. The average molecular weight is 374 g/mol. The van der Waals surface area contributed by atoms with Crippen molar-refractivity contribution in [3.8, 4) is 0 Å². The molecule has 5 nitrogen and oxygen atoms in total. The van der Waals surface area contributed by atoms with Gasteiger partial charge in [-0.2, -0.15) is 18.3 Å². The van der Waals surface area contributed by atoms with Gasteiger partial charge in [0.15, 0.2) is 5.82 Å². The fourth-order valence-corrected chi connectivity index (χ4v) is 2.64. The van der Waals surface area contributed by atoms with E-state index in [4.69, 9.17) is 0 Å². The summed E-state index contributed by atoms with van der Waals surface area (Å²) in [5.74, 6) is 0.688. The van der Waals surface area contributed by atoms with Crippen LogP contribution >= 0.6 is 0 Å². The number of nitrogens with one attached hydrogen (secondary N) is 2. The van der Waals surface area contributed by atoms with Gasteiger partial charge in [0, 0.05) is 0 Å². The monoisotopic (exact) mass is 374 g/mol. The summed E-state index contributed by atoms with van der Waals surface area (Å²) in [6.07, 6.45) is -4.45. The zero-order valence-corrected chi connectivity index (χ0v) is 14.4. The predicted octanol–water partition coefficient (Wildman–Crippen LogP) is 3.58. The number of carbonyl (C=O) groups excluding carboxylic acids is 1. The highest BCUT2D eigenvalue weighted by Crippen LogP contribution is 2.29. The third-order valence-corrected chi connectivity index (χ3v) is 3.96. The first kappa shape index (κ1) is 18.6. The maximum absolute atomic E-state index is 12.6. The van der Waals surface area contributed by atoms with Crippen molar-refractivity contribution in [2.45, 2.75) is 25.6 Å². The molecule has 0 radical (unpaired) electrons. The number of rotatable bonds is 5. The van der Waals surface area contributed by atoms with Crippen LogP contribution in [0.5, 0.6) is 0 Å². The number of halogens is 3. The van der Waals surface area contributed by atoms with Crippen LogP contribution in [0.3, 0.4) is 0 Å². The minimum atomic E-state index is -4.40. The Bertz CT molecular complexity index is 905. The maximum atomic E-state index is 12.6. The van der Waals surface area contributed by atoms with E-state index in [0.717, 1.165) is 17.7 Å². The van der Waals surface area contributed by atoms with Gasteiger partial charge in [-0.3, -0.25) is 9.89 Å². The summed E-state index contributed by atoms with van der Waals surface area (Å²) in [6, 6.07) is 13.2. The highest BCUT2D eigenvalue weighted by molar-refractivity contribution is 5.79. The van der Waals surface area contributed by atoms with Gasteiger partial charge < -0.3 is 5.32 Å². The molecular weight excluding hydrogens is 357 g/mol. The largest absolute Gasteiger partial charge is 0.416 e. The zero-order chi connectivity index (χ0) is 19.4. The van der Waals surface area contributed by atoms with E-state index in [1.54, 1.807) is 6.92 Å². The molecule has 1 amide bonds. The third-order valence-electron chi connectivity index (χ3n) is 3.96. The first-order valence-electron chi connectivity index (χ1n) is 8.22. The topological polar surface area (TPSA) is 70.7 Å². The van der Waals surface area contributed by atoms with Gasteiger partial charge in [0.25, 0.3) is 0 Å². The Morgan fingerprint density at radius 1 is 1.11 bits per heavy atom. The predicted molar refractivity (Wildman–Crippen MR) is 92.7 cm³/mol. The zero-order valence-electron chi connectivity index (χ0n) is 14.4. The van der Waals surface area contributed by atoms with Crippen molar-refractivity contribution in [1.82, 2.24) is 20.5 Å². The summed E-state index contributed by atoms with van der Waals surface area (Å²) in [6.45, 7) is 1.75. The van der Waals surface area contributed by atoms with E-state index in [1.165, 1.54) is 12.1 Å². The number of hydrogen-bond acceptors (Lipinski definition) is 3. The van der Waals surface area contributed by atoms with Crippen LogP contribution in [0.2, 0.25) is 0 Å². The molecule has 0 fully saturated rings. The molecule has 140 valence electrons. The molecular formula is C19H17F3N4O. The van der Waals surface area contributed by atoms with Crippen LogP contribution in [0, 0.1) is 6.92 Å². The number of H-pyrrole nitrogens is 1. The van der Waals surface area contributed by atoms with E-state index >= 15 is 0 Å². The van der Waals surface area contributed by atoms with E-state index in [-0.39, 0.29) is 12.3 Å². The van der Waals surface area contributed by atoms with E-state index in [0.29, 0.717) is 17.2 Å². The Balaban J connectivity index is 1.75. The molecule has 1 heterocycles. The van der Waals surface area contributed by atoms with Gasteiger partial charge in [-0.1, -0.05) is 42.5 Å². The Labute approximate surface area is 153 Å². The lowest BCUT2D eigenvalue weighted by Gasteiger charge is -2.16. The van der Waals surface area contributed by atoms with Crippen molar-refractivity contribution in [2.24, 2.45) is 0 Å². The normalized spacial score (nSPS) is 12.6. The molecule has 0 saturated heterocycles. The molecule has 0 saturated carbocycles. The number of hydrogen-bond donors (Lipinski definition) is 2. The van der Waals surface area contributed by atoms with Crippen LogP contribution in [0.25, 0.3) is 0 Å². The summed E-state index contributed by atoms with van der Waals surface area (Å²) >= 11 is 0. The van der Waals surface area contributed by atoms with Crippen molar-refractivity contribution in [3.05, 3.63) is 82.9 Å². The van der Waals surface area contributed by atoms with Gasteiger partial charge in [0.1, 0.15) is 11.9 Å². The fourth-order valence-electron chi connectivity index (χ4n) is 2.64. The van der Waals surface area contributed by atoms with Crippen LogP contribution in [0.4, 0.5) is 13.2 Å². The molecule has 2 N–H and O–H groups in total. The lowest BCUT2D eigenvalue weighted by atomic mass is 10.0. The summed E-state index contributed by atoms with van der Waals surface area (Å²) < 4.78 is 37.9. The molecule has 27 heavy (non-hydrogen) atoms. The fraction of sp³-hybridized carbons (Fsp3) is 0.211. The minimum Gasteiger partial charge on any atom is -0.342 e. The number of carbonyl (C=O) groups is 1. The molecule has 2 aromatic carbocycles. The van der Waals surface area contributed by atoms with Gasteiger partial charge in [-0.05, 0) is 30.2 Å². The Kier molecular flexibility index (Phi) is 5.25. The molecule has 1 atom stereocenters. The number of aromatic amines is 1. The molecule has 0 bridgehead atoms. The summed E-state index contributed by atoms with van der Waals surface area (Å²) in [5, 5.41) is 9.71. The van der Waals surface area contributed by atoms with Gasteiger partial charge in [-0.15, -0.1) is 0 Å². The van der Waals surface area contributed by atoms with Crippen molar-refractivity contribution in [1.29, 1.82) is 0 Å². The second kappa shape index (κ2) is 7.61. The van der Waals surface area contributed by atoms with Crippen LogP contribution in [-0.2, 0) is 17.4 Å². The van der Waals surface area contributed by atoms with E-state index in [2.05, 4.69) is 20.5 Å². The average Bonchev–Trinajstić information content (AvgIpc) is 3.06. The Morgan fingerprint density at radius 2 is 1.78 bits per heavy atom. The lowest BCUT2D eigenvalue weighted by molar-refractivity contribution is -0.137. The third kappa shape index (κ3) is 4.72. The van der Waals surface area contributed by atoms with Crippen molar-refractivity contribution < 1.29 is 18.0 Å². The highest BCUT2D eigenvalue weighted by Gasteiger charge is 2.30. The van der Waals surface area contributed by atoms with Crippen molar-refractivity contribution in [2.75, 3.05) is 0 Å². The van der Waals surface area contributed by atoms with Gasteiger partial charge >= 0.3 is 6.18 Å². The number of aromatic nitrogens is 3. The molecule has 0 aliphatic carbocycles. The first-order chi connectivity index (χ1) is 12.8. The quantitative estimate of drug-likeness (QED) is 0.717. The molecule has 1 aromatic heterocycles. The molecule has 3 rings (SSSR count). The standard InChI is InChI=1S/C19H17F3N4O/c1-12-23-18(26-25-12)17(14-5-3-2-4-6-14)24-16(27)11-13-7-9-15(10-8-13)19(20,21)22/h2-10,17H,11H2,1H3,(H,24,27)(H,23,25,26). The number of benzene rings is 2. The number of aryl methyl sites for hydroxylation is 1. The van der Waals surface area contributed by atoms with Crippen LogP contribution in [0.15, 0.2) is 54.6 Å². The summed E-state index contributed by atoms with van der Waals surface area (Å²) in [5.41, 5.74) is 0.542. The maximum Gasteiger partial charge on any atom is 0.416 e. The smallest absolute Gasteiger partial charge is 0.342 e. The second-order valence-corrected chi connectivity index (χ2v) is 6.06. The van der Waals surface area contributed by atoms with Crippen LogP contribution in [-0.4, -0.2) is 21.1 Å². The van der Waals surface area contributed by atoms with Gasteiger partial charge in [-0.25, -0.2) is 4.98 Å². The molecule has 0 spiro atoms. The number of nitrogens with zero attached hydrogens (tertiary/aromatic N) is 2. The number of alkyl halides is 3. The second-order valence-electron chi connectivity index (χ2n) is 6.06. The Morgan fingerprint density at radius 3 is 2.33 bits per heavy atom. The summed E-state index contributed by atoms with van der Waals surface area (Å²) in [7, 11) is 0. The van der Waals surface area contributed by atoms with Crippen LogP contribution in [0.1, 0.15) is 34.4 Å². The SMILES string of the molecule is Cc1nc(C(NC(=O)Cc2ccc(C(F)(F)F)cc2)c2ccccc2)n[nH]1. The van der Waals surface area contributed by atoms with Crippen molar-refractivity contribution >= 4 is 5.91 Å².